The van der Waals surface area contributed by atoms with Crippen LogP contribution in [0.1, 0.15) is 24.8 Å². The number of benzene rings is 1. The van der Waals surface area contributed by atoms with E-state index in [0.29, 0.717) is 6.54 Å². The average Bonchev–Trinajstić information content (AvgIpc) is 2.62. The monoisotopic (exact) mass is 266 g/mol. The van der Waals surface area contributed by atoms with Gasteiger partial charge in [-0.1, -0.05) is 30.3 Å². The number of alkyl halides is 2. The molecule has 0 aliphatic carbocycles. The number of nitrogens with zero attached hydrogens (tertiary/aromatic N) is 1. The van der Waals surface area contributed by atoms with Gasteiger partial charge >= 0.3 is 0 Å². The maximum Gasteiger partial charge on any atom is 0.262 e. The molecule has 1 spiro atoms. The molecule has 2 fully saturated rings. The van der Waals surface area contributed by atoms with Crippen molar-refractivity contribution in [3.05, 3.63) is 35.9 Å². The molecule has 2 nitrogen and oxygen atoms in total. The number of piperidine rings is 1. The van der Waals surface area contributed by atoms with E-state index in [1.165, 1.54) is 0 Å². The lowest BCUT2D eigenvalue weighted by Gasteiger charge is -2.41. The normalized spacial score (nSPS) is 25.8. The molecule has 0 bridgehead atoms. The molecule has 2 aliphatic heterocycles. The summed E-state index contributed by atoms with van der Waals surface area (Å²) in [5.41, 5.74) is 0.822. The fourth-order valence-electron chi connectivity index (χ4n) is 3.51. The van der Waals surface area contributed by atoms with Crippen LogP contribution in [0.4, 0.5) is 8.78 Å². The Morgan fingerprint density at radius 1 is 1.11 bits per heavy atom. The first kappa shape index (κ1) is 13.0. The highest BCUT2D eigenvalue weighted by Gasteiger charge is 2.54. The Morgan fingerprint density at radius 3 is 2.47 bits per heavy atom. The summed E-state index contributed by atoms with van der Waals surface area (Å²) in [4.78, 5) is 2.02. The minimum absolute atomic E-state index is 0.0223. The predicted molar refractivity (Wildman–Crippen MR) is 71.3 cm³/mol. The first-order valence-corrected chi connectivity index (χ1v) is 6.97. The second-order valence-electron chi connectivity index (χ2n) is 5.85. The number of likely N-dealkylation sites (tertiary alicyclic amines) is 1. The third kappa shape index (κ3) is 2.65. The van der Waals surface area contributed by atoms with Gasteiger partial charge in [-0.3, -0.25) is 4.90 Å². The number of hydrogen-bond acceptors (Lipinski definition) is 2. The fourth-order valence-corrected chi connectivity index (χ4v) is 3.51. The van der Waals surface area contributed by atoms with E-state index in [9.17, 15) is 8.78 Å². The standard InChI is InChI=1S/C15H20F2N2/c16-15(17)11-14(6-8-18-9-7-14)19(12-15)10-13-4-2-1-3-5-13/h1-5,18H,6-12H2. The number of hydrogen-bond donors (Lipinski definition) is 1. The lowest BCUT2D eigenvalue weighted by Crippen LogP contribution is -2.50. The molecule has 1 N–H and O–H groups in total. The molecule has 19 heavy (non-hydrogen) atoms. The second-order valence-corrected chi connectivity index (χ2v) is 5.85. The van der Waals surface area contributed by atoms with Crippen LogP contribution < -0.4 is 5.32 Å². The molecule has 0 saturated carbocycles. The minimum atomic E-state index is -2.54. The van der Waals surface area contributed by atoms with E-state index in [-0.39, 0.29) is 18.5 Å². The van der Waals surface area contributed by atoms with Gasteiger partial charge in [0.15, 0.2) is 0 Å². The Morgan fingerprint density at radius 2 is 1.79 bits per heavy atom. The summed E-state index contributed by atoms with van der Waals surface area (Å²) < 4.78 is 27.7. The Labute approximate surface area is 112 Å². The van der Waals surface area contributed by atoms with Crippen LogP contribution in [-0.4, -0.2) is 36.0 Å². The van der Waals surface area contributed by atoms with E-state index < -0.39 is 5.92 Å². The van der Waals surface area contributed by atoms with E-state index in [4.69, 9.17) is 0 Å². The molecule has 4 heteroatoms. The van der Waals surface area contributed by atoms with Gasteiger partial charge in [0.1, 0.15) is 0 Å². The van der Waals surface area contributed by atoms with Crippen LogP contribution >= 0.6 is 0 Å². The van der Waals surface area contributed by atoms with Gasteiger partial charge in [-0.25, -0.2) is 8.78 Å². The van der Waals surface area contributed by atoms with Crippen molar-refractivity contribution >= 4 is 0 Å². The molecule has 0 amide bonds. The quantitative estimate of drug-likeness (QED) is 0.885. The molecule has 0 aromatic heterocycles. The number of nitrogens with one attached hydrogen (secondary N) is 1. The number of halogens is 2. The van der Waals surface area contributed by atoms with Crippen LogP contribution in [-0.2, 0) is 6.54 Å². The summed E-state index contributed by atoms with van der Waals surface area (Å²) in [6.45, 7) is 2.24. The summed E-state index contributed by atoms with van der Waals surface area (Å²) in [5, 5.41) is 3.28. The van der Waals surface area contributed by atoms with Crippen molar-refractivity contribution in [3.63, 3.8) is 0 Å². The van der Waals surface area contributed by atoms with Crippen LogP contribution in [0, 0.1) is 0 Å². The van der Waals surface area contributed by atoms with Crippen molar-refractivity contribution in [1.29, 1.82) is 0 Å². The van der Waals surface area contributed by atoms with E-state index >= 15 is 0 Å². The molecular formula is C15H20F2N2. The largest absolute Gasteiger partial charge is 0.317 e. The van der Waals surface area contributed by atoms with Crippen LogP contribution in [0.2, 0.25) is 0 Å². The van der Waals surface area contributed by atoms with Crippen LogP contribution in [0.25, 0.3) is 0 Å². The molecule has 1 aromatic carbocycles. The molecule has 2 aliphatic rings. The third-order valence-corrected chi connectivity index (χ3v) is 4.43. The summed E-state index contributed by atoms with van der Waals surface area (Å²) in [6.07, 6.45) is 1.68. The van der Waals surface area contributed by atoms with Gasteiger partial charge in [0.2, 0.25) is 0 Å². The smallest absolute Gasteiger partial charge is 0.262 e. The third-order valence-electron chi connectivity index (χ3n) is 4.43. The van der Waals surface area contributed by atoms with Gasteiger partial charge in [-0.05, 0) is 31.5 Å². The highest BCUT2D eigenvalue weighted by atomic mass is 19.3. The highest BCUT2D eigenvalue weighted by Crippen LogP contribution is 2.45. The maximum atomic E-state index is 13.9. The van der Waals surface area contributed by atoms with Crippen molar-refractivity contribution in [3.8, 4) is 0 Å². The van der Waals surface area contributed by atoms with Crippen molar-refractivity contribution < 1.29 is 8.78 Å². The molecule has 104 valence electrons. The summed E-state index contributed by atoms with van der Waals surface area (Å²) >= 11 is 0. The van der Waals surface area contributed by atoms with Crippen molar-refractivity contribution in [1.82, 2.24) is 10.2 Å². The van der Waals surface area contributed by atoms with Crippen molar-refractivity contribution in [2.45, 2.75) is 37.3 Å². The van der Waals surface area contributed by atoms with Crippen LogP contribution in [0.3, 0.4) is 0 Å². The molecule has 0 radical (unpaired) electrons. The molecule has 2 saturated heterocycles. The zero-order chi connectivity index (χ0) is 13.3. The van der Waals surface area contributed by atoms with E-state index in [1.807, 2.05) is 35.2 Å². The van der Waals surface area contributed by atoms with Gasteiger partial charge < -0.3 is 5.32 Å². The predicted octanol–water partition coefficient (Wildman–Crippen LogP) is 2.65. The van der Waals surface area contributed by atoms with Gasteiger partial charge in [0.25, 0.3) is 5.92 Å². The minimum Gasteiger partial charge on any atom is -0.317 e. The van der Waals surface area contributed by atoms with Crippen LogP contribution in [0.5, 0.6) is 0 Å². The van der Waals surface area contributed by atoms with Crippen molar-refractivity contribution in [2.24, 2.45) is 0 Å². The molecule has 1 aromatic rings. The molecule has 0 unspecified atom stereocenters. The zero-order valence-corrected chi connectivity index (χ0v) is 11.0. The SMILES string of the molecule is FC1(F)CN(Cc2ccccc2)C2(CCNCC2)C1. The molecule has 2 heterocycles. The molecule has 3 rings (SSSR count). The first-order valence-electron chi connectivity index (χ1n) is 6.97. The lowest BCUT2D eigenvalue weighted by molar-refractivity contribution is 0.0104. The van der Waals surface area contributed by atoms with E-state index in [2.05, 4.69) is 5.32 Å². The summed E-state index contributed by atoms with van der Waals surface area (Å²) in [6, 6.07) is 9.94. The second kappa shape index (κ2) is 4.84. The van der Waals surface area contributed by atoms with Crippen molar-refractivity contribution in [2.75, 3.05) is 19.6 Å². The Balaban J connectivity index is 1.81. The highest BCUT2D eigenvalue weighted by molar-refractivity contribution is 5.16. The molecule has 0 atom stereocenters. The summed E-state index contributed by atoms with van der Waals surface area (Å²) in [5.74, 6) is -2.54. The van der Waals surface area contributed by atoms with Gasteiger partial charge in [-0.2, -0.15) is 0 Å². The average molecular weight is 266 g/mol. The van der Waals surface area contributed by atoms with Gasteiger partial charge in [0, 0.05) is 18.5 Å². The Kier molecular flexibility index (Phi) is 3.31. The van der Waals surface area contributed by atoms with Crippen LogP contribution in [0.15, 0.2) is 30.3 Å². The topological polar surface area (TPSA) is 15.3 Å². The summed E-state index contributed by atoms with van der Waals surface area (Å²) in [7, 11) is 0. The maximum absolute atomic E-state index is 13.9. The Hall–Kier alpha value is -1.00. The number of rotatable bonds is 2. The zero-order valence-electron chi connectivity index (χ0n) is 11.0. The van der Waals surface area contributed by atoms with Gasteiger partial charge in [0.05, 0.1) is 6.54 Å². The van der Waals surface area contributed by atoms with Gasteiger partial charge in [-0.15, -0.1) is 0 Å². The Bertz CT molecular complexity index is 427. The molecular weight excluding hydrogens is 246 g/mol. The van der Waals surface area contributed by atoms with E-state index in [0.717, 1.165) is 31.5 Å². The fraction of sp³-hybridized carbons (Fsp3) is 0.600. The lowest BCUT2D eigenvalue weighted by atomic mass is 9.85. The first-order chi connectivity index (χ1) is 9.10. The van der Waals surface area contributed by atoms with E-state index in [1.54, 1.807) is 0 Å².